The number of likely N-dealkylation sites (tertiary alicyclic amines) is 1. The fraction of sp³-hybridized carbons (Fsp3) is 0.571. The number of thiophene rings is 1. The number of carbonyl (C=O) groups excluding carboxylic acids is 1. The summed E-state index contributed by atoms with van der Waals surface area (Å²) in [5, 5.41) is 9.13. The maximum absolute atomic E-state index is 12.4. The van der Waals surface area contributed by atoms with Crippen molar-refractivity contribution in [3.63, 3.8) is 0 Å². The number of hydrogen-bond acceptors (Lipinski definition) is 3. The van der Waals surface area contributed by atoms with E-state index in [1.807, 2.05) is 0 Å². The number of hydrogen-bond donors (Lipinski definition) is 1. The minimum absolute atomic E-state index is 0.0120. The van der Waals surface area contributed by atoms with Crippen LogP contribution in [-0.4, -0.2) is 34.5 Å². The second-order valence-corrected chi connectivity index (χ2v) is 6.74. The molecule has 1 aliphatic heterocycles. The molecule has 3 atom stereocenters. The molecule has 2 heterocycles. The van der Waals surface area contributed by atoms with Crippen molar-refractivity contribution in [3.8, 4) is 0 Å². The highest BCUT2D eigenvalue weighted by Gasteiger charge is 2.49. The molecule has 0 unspecified atom stereocenters. The first kappa shape index (κ1) is 12.7. The highest BCUT2D eigenvalue weighted by molar-refractivity contribution is 7.12. The molecule has 4 nitrogen and oxygen atoms in total. The van der Waals surface area contributed by atoms with E-state index in [-0.39, 0.29) is 11.8 Å². The Morgan fingerprint density at radius 2 is 2.21 bits per heavy atom. The second-order valence-electron chi connectivity index (χ2n) is 5.42. The highest BCUT2D eigenvalue weighted by atomic mass is 32.1. The summed E-state index contributed by atoms with van der Waals surface area (Å²) < 4.78 is 0. The van der Waals surface area contributed by atoms with Crippen molar-refractivity contribution < 1.29 is 14.7 Å². The fourth-order valence-corrected chi connectivity index (χ4v) is 3.99. The van der Waals surface area contributed by atoms with E-state index in [2.05, 4.69) is 19.1 Å². The maximum atomic E-state index is 12.4. The van der Waals surface area contributed by atoms with Gasteiger partial charge in [0.25, 0.3) is 0 Å². The first-order valence-corrected chi connectivity index (χ1v) is 7.49. The molecule has 5 heteroatoms. The van der Waals surface area contributed by atoms with Gasteiger partial charge in [-0.25, -0.2) is 4.79 Å². The van der Waals surface area contributed by atoms with Gasteiger partial charge in [-0.3, -0.25) is 4.79 Å². The van der Waals surface area contributed by atoms with Crippen LogP contribution >= 0.6 is 11.3 Å². The van der Waals surface area contributed by atoms with E-state index in [0.717, 1.165) is 12.8 Å². The van der Waals surface area contributed by atoms with E-state index in [9.17, 15) is 9.59 Å². The van der Waals surface area contributed by atoms with Crippen molar-refractivity contribution in [2.24, 2.45) is 5.92 Å². The quantitative estimate of drug-likeness (QED) is 0.923. The first-order chi connectivity index (χ1) is 9.08. The molecule has 0 spiro atoms. The molecule has 1 aliphatic carbocycles. The lowest BCUT2D eigenvalue weighted by atomic mass is 10.2. The largest absolute Gasteiger partial charge is 0.480 e. The Bertz CT molecular complexity index is 525. The van der Waals surface area contributed by atoms with Crippen molar-refractivity contribution in [2.75, 3.05) is 6.54 Å². The summed E-state index contributed by atoms with van der Waals surface area (Å²) >= 11 is 1.74. The molecule has 1 aromatic heterocycles. The van der Waals surface area contributed by atoms with Crippen molar-refractivity contribution in [1.29, 1.82) is 0 Å². The molecule has 1 aromatic rings. The summed E-state index contributed by atoms with van der Waals surface area (Å²) in [5.74, 6) is -0.491. The van der Waals surface area contributed by atoms with Crippen molar-refractivity contribution in [1.82, 2.24) is 4.90 Å². The van der Waals surface area contributed by atoms with E-state index in [4.69, 9.17) is 5.11 Å². The van der Waals surface area contributed by atoms with Crippen LogP contribution < -0.4 is 0 Å². The standard InChI is InChI=1S/C14H17NO3S/c1-8-4-5-12(19-8)9-7-10(9)13(16)15-6-2-3-11(15)14(17)18/h4-5,9-11H,2-3,6-7H2,1H3,(H,17,18)/t9-,10-,11+/m1/s1. The minimum atomic E-state index is -0.866. The van der Waals surface area contributed by atoms with Crippen LogP contribution in [0.4, 0.5) is 0 Å². The van der Waals surface area contributed by atoms with Crippen LogP contribution in [0, 0.1) is 12.8 Å². The molecular weight excluding hydrogens is 262 g/mol. The third-order valence-corrected chi connectivity index (χ3v) is 5.19. The molecular formula is C14H17NO3S. The van der Waals surface area contributed by atoms with Gasteiger partial charge in [-0.15, -0.1) is 11.3 Å². The first-order valence-electron chi connectivity index (χ1n) is 6.67. The fourth-order valence-electron chi connectivity index (χ4n) is 2.94. The van der Waals surface area contributed by atoms with E-state index in [1.165, 1.54) is 9.75 Å². The summed E-state index contributed by atoms with van der Waals surface area (Å²) in [6, 6.07) is 3.57. The summed E-state index contributed by atoms with van der Waals surface area (Å²) in [6.07, 6.45) is 2.27. The molecule has 1 saturated heterocycles. The van der Waals surface area contributed by atoms with Gasteiger partial charge in [0, 0.05) is 28.1 Å². The zero-order valence-corrected chi connectivity index (χ0v) is 11.7. The van der Waals surface area contributed by atoms with Crippen molar-refractivity contribution >= 4 is 23.2 Å². The molecule has 0 bridgehead atoms. The van der Waals surface area contributed by atoms with Crippen LogP contribution in [0.2, 0.25) is 0 Å². The van der Waals surface area contributed by atoms with Crippen LogP contribution in [0.1, 0.15) is 34.9 Å². The summed E-state index contributed by atoms with van der Waals surface area (Å²) in [4.78, 5) is 27.6. The Kier molecular flexibility index (Phi) is 3.09. The molecule has 19 heavy (non-hydrogen) atoms. The Morgan fingerprint density at radius 3 is 2.84 bits per heavy atom. The predicted molar refractivity (Wildman–Crippen MR) is 72.3 cm³/mol. The van der Waals surface area contributed by atoms with Crippen LogP contribution in [0.25, 0.3) is 0 Å². The SMILES string of the molecule is Cc1ccc([C@@H]2C[C@H]2C(=O)N2CCC[C@H]2C(=O)O)s1. The molecule has 1 N–H and O–H groups in total. The normalized spacial score (nSPS) is 29.5. The topological polar surface area (TPSA) is 57.6 Å². The molecule has 1 amide bonds. The molecule has 102 valence electrons. The number of rotatable bonds is 3. The number of carbonyl (C=O) groups is 2. The van der Waals surface area contributed by atoms with Gasteiger partial charge >= 0.3 is 5.97 Å². The monoisotopic (exact) mass is 279 g/mol. The third-order valence-electron chi connectivity index (χ3n) is 4.06. The molecule has 1 saturated carbocycles. The van der Waals surface area contributed by atoms with Gasteiger partial charge < -0.3 is 10.0 Å². The van der Waals surface area contributed by atoms with Gasteiger partial charge in [0.15, 0.2) is 0 Å². The van der Waals surface area contributed by atoms with Crippen LogP contribution in [0.3, 0.4) is 0 Å². The van der Waals surface area contributed by atoms with Gasteiger partial charge in [-0.05, 0) is 38.3 Å². The summed E-state index contributed by atoms with van der Waals surface area (Å²) in [6.45, 7) is 2.66. The number of amides is 1. The van der Waals surface area contributed by atoms with E-state index in [1.54, 1.807) is 16.2 Å². The zero-order chi connectivity index (χ0) is 13.6. The van der Waals surface area contributed by atoms with E-state index in [0.29, 0.717) is 18.9 Å². The molecule has 2 fully saturated rings. The minimum Gasteiger partial charge on any atom is -0.480 e. The lowest BCUT2D eigenvalue weighted by molar-refractivity contribution is -0.148. The maximum Gasteiger partial charge on any atom is 0.326 e. The van der Waals surface area contributed by atoms with Crippen molar-refractivity contribution in [3.05, 3.63) is 21.9 Å². The third kappa shape index (κ3) is 2.27. The summed E-state index contributed by atoms with van der Waals surface area (Å²) in [7, 11) is 0. The molecule has 2 aliphatic rings. The zero-order valence-electron chi connectivity index (χ0n) is 10.8. The number of carboxylic acid groups (broad SMARTS) is 1. The Balaban J connectivity index is 1.68. The smallest absolute Gasteiger partial charge is 0.326 e. The van der Waals surface area contributed by atoms with Gasteiger partial charge in [-0.2, -0.15) is 0 Å². The van der Waals surface area contributed by atoms with Gasteiger partial charge in [0.2, 0.25) is 5.91 Å². The molecule has 0 radical (unpaired) electrons. The van der Waals surface area contributed by atoms with Crippen LogP contribution in [0.15, 0.2) is 12.1 Å². The van der Waals surface area contributed by atoms with E-state index < -0.39 is 12.0 Å². The second kappa shape index (κ2) is 4.63. The summed E-state index contributed by atoms with van der Waals surface area (Å²) in [5.41, 5.74) is 0. The Hall–Kier alpha value is -1.36. The van der Waals surface area contributed by atoms with Gasteiger partial charge in [0.1, 0.15) is 6.04 Å². The number of aliphatic carboxylic acids is 1. The number of aryl methyl sites for hydroxylation is 1. The van der Waals surface area contributed by atoms with Crippen molar-refractivity contribution in [2.45, 2.75) is 38.1 Å². The van der Waals surface area contributed by atoms with Crippen LogP contribution in [0.5, 0.6) is 0 Å². The lowest BCUT2D eigenvalue weighted by Gasteiger charge is -2.21. The number of carboxylic acids is 1. The average molecular weight is 279 g/mol. The van der Waals surface area contributed by atoms with Gasteiger partial charge in [0.05, 0.1) is 0 Å². The molecule has 3 rings (SSSR count). The Labute approximate surface area is 116 Å². The highest BCUT2D eigenvalue weighted by Crippen LogP contribution is 2.51. The Morgan fingerprint density at radius 1 is 1.42 bits per heavy atom. The lowest BCUT2D eigenvalue weighted by Crippen LogP contribution is -2.41. The molecule has 0 aromatic carbocycles. The predicted octanol–water partition coefficient (Wildman–Crippen LogP) is 2.24. The van der Waals surface area contributed by atoms with E-state index >= 15 is 0 Å². The van der Waals surface area contributed by atoms with Crippen LogP contribution in [-0.2, 0) is 9.59 Å². The van der Waals surface area contributed by atoms with Gasteiger partial charge in [-0.1, -0.05) is 0 Å². The number of nitrogens with zero attached hydrogens (tertiary/aromatic N) is 1. The average Bonchev–Trinajstić information content (AvgIpc) is 2.82.